The summed E-state index contributed by atoms with van der Waals surface area (Å²) in [7, 11) is 3.20. The molecule has 0 saturated carbocycles. The molecule has 0 aliphatic carbocycles. The van der Waals surface area contributed by atoms with Crippen molar-refractivity contribution in [1.29, 1.82) is 0 Å². The monoisotopic (exact) mass is 407 g/mol. The van der Waals surface area contributed by atoms with Crippen molar-refractivity contribution in [3.8, 4) is 17.0 Å². The van der Waals surface area contributed by atoms with Gasteiger partial charge in [-0.2, -0.15) is 0 Å². The third-order valence-corrected chi connectivity index (χ3v) is 4.43. The molecular formula is C21H25N7O2. The van der Waals surface area contributed by atoms with E-state index in [-0.39, 0.29) is 5.91 Å². The van der Waals surface area contributed by atoms with Crippen LogP contribution in [0.4, 0.5) is 11.8 Å². The fourth-order valence-electron chi connectivity index (χ4n) is 2.88. The minimum atomic E-state index is -0.144. The van der Waals surface area contributed by atoms with Crippen molar-refractivity contribution in [2.45, 2.75) is 13.3 Å². The summed E-state index contributed by atoms with van der Waals surface area (Å²) in [4.78, 5) is 28.9. The fraction of sp³-hybridized carbons (Fsp3) is 0.286. The Morgan fingerprint density at radius 2 is 1.87 bits per heavy atom. The number of ether oxygens (including phenoxy) is 1. The zero-order valence-corrected chi connectivity index (χ0v) is 17.3. The molecule has 0 spiro atoms. The molecule has 0 saturated heterocycles. The quantitative estimate of drug-likeness (QED) is 0.495. The number of hydrogen-bond acceptors (Lipinski definition) is 8. The van der Waals surface area contributed by atoms with Gasteiger partial charge >= 0.3 is 0 Å². The lowest BCUT2D eigenvalue weighted by molar-refractivity contribution is 0.0962. The summed E-state index contributed by atoms with van der Waals surface area (Å²) in [6, 6.07) is 7.29. The molecule has 2 heterocycles. The predicted octanol–water partition coefficient (Wildman–Crippen LogP) is 2.39. The van der Waals surface area contributed by atoms with Gasteiger partial charge in [0.2, 0.25) is 5.95 Å². The van der Waals surface area contributed by atoms with Gasteiger partial charge in [-0.05, 0) is 31.0 Å². The first-order chi connectivity index (χ1) is 14.6. The average molecular weight is 407 g/mol. The molecule has 0 unspecified atom stereocenters. The van der Waals surface area contributed by atoms with Crippen LogP contribution in [0.15, 0.2) is 43.0 Å². The van der Waals surface area contributed by atoms with Crippen molar-refractivity contribution in [1.82, 2.24) is 25.3 Å². The highest BCUT2D eigenvalue weighted by molar-refractivity contribution is 5.94. The number of benzene rings is 1. The van der Waals surface area contributed by atoms with Gasteiger partial charge in [0.15, 0.2) is 0 Å². The van der Waals surface area contributed by atoms with Crippen LogP contribution >= 0.6 is 0 Å². The van der Waals surface area contributed by atoms with E-state index in [0.29, 0.717) is 36.0 Å². The zero-order valence-electron chi connectivity index (χ0n) is 17.3. The molecule has 0 bridgehead atoms. The van der Waals surface area contributed by atoms with Crippen LogP contribution in [0.3, 0.4) is 0 Å². The third kappa shape index (κ3) is 5.19. The molecular weight excluding hydrogens is 382 g/mol. The van der Waals surface area contributed by atoms with E-state index >= 15 is 0 Å². The van der Waals surface area contributed by atoms with Crippen LogP contribution in [0.5, 0.6) is 5.75 Å². The van der Waals surface area contributed by atoms with Crippen LogP contribution in [0, 0.1) is 0 Å². The highest BCUT2D eigenvalue weighted by atomic mass is 16.5. The second-order valence-electron chi connectivity index (χ2n) is 6.40. The van der Waals surface area contributed by atoms with Gasteiger partial charge in [0.25, 0.3) is 5.91 Å². The minimum Gasteiger partial charge on any atom is -0.496 e. The Balaban J connectivity index is 1.64. The Morgan fingerprint density at radius 3 is 2.57 bits per heavy atom. The molecule has 0 atom stereocenters. The number of methoxy groups -OCH3 is 1. The lowest BCUT2D eigenvalue weighted by Crippen LogP contribution is -2.18. The Hall–Kier alpha value is -3.75. The smallest absolute Gasteiger partial charge is 0.251 e. The van der Waals surface area contributed by atoms with Crippen LogP contribution in [0.2, 0.25) is 0 Å². The SMILES string of the molecule is CCNc1ncc(-c2cc(NCCc3ccc(C(=O)NC)cc3OC)ncn2)cn1. The number of nitrogens with zero attached hydrogens (tertiary/aromatic N) is 4. The minimum absolute atomic E-state index is 0.144. The number of rotatable bonds is 9. The maximum Gasteiger partial charge on any atom is 0.251 e. The van der Waals surface area contributed by atoms with Gasteiger partial charge in [0.05, 0.1) is 12.8 Å². The molecule has 1 amide bonds. The molecule has 3 aromatic rings. The summed E-state index contributed by atoms with van der Waals surface area (Å²) < 4.78 is 5.43. The summed E-state index contributed by atoms with van der Waals surface area (Å²) in [6.45, 7) is 3.40. The summed E-state index contributed by atoms with van der Waals surface area (Å²) in [5.41, 5.74) is 3.12. The van der Waals surface area contributed by atoms with Gasteiger partial charge in [0.1, 0.15) is 17.9 Å². The molecule has 156 valence electrons. The number of carbonyl (C=O) groups is 1. The summed E-state index contributed by atoms with van der Waals surface area (Å²) in [5.74, 6) is 1.83. The van der Waals surface area contributed by atoms with Crippen LogP contribution in [-0.4, -0.2) is 53.1 Å². The van der Waals surface area contributed by atoms with E-state index in [1.807, 2.05) is 19.1 Å². The molecule has 3 N–H and O–H groups in total. The van der Waals surface area contributed by atoms with Crippen LogP contribution < -0.4 is 20.7 Å². The number of anilines is 2. The van der Waals surface area contributed by atoms with Gasteiger partial charge in [-0.3, -0.25) is 4.79 Å². The van der Waals surface area contributed by atoms with Crippen molar-refractivity contribution in [3.63, 3.8) is 0 Å². The van der Waals surface area contributed by atoms with Crippen molar-refractivity contribution < 1.29 is 9.53 Å². The largest absolute Gasteiger partial charge is 0.496 e. The maximum absolute atomic E-state index is 11.8. The molecule has 30 heavy (non-hydrogen) atoms. The highest BCUT2D eigenvalue weighted by Gasteiger charge is 2.09. The third-order valence-electron chi connectivity index (χ3n) is 4.43. The van der Waals surface area contributed by atoms with Crippen LogP contribution in [-0.2, 0) is 6.42 Å². The second kappa shape index (κ2) is 10.1. The number of hydrogen-bond donors (Lipinski definition) is 3. The normalized spacial score (nSPS) is 10.4. The molecule has 1 aromatic carbocycles. The van der Waals surface area contributed by atoms with Crippen molar-refractivity contribution in [2.24, 2.45) is 0 Å². The van der Waals surface area contributed by atoms with E-state index in [9.17, 15) is 4.79 Å². The molecule has 0 radical (unpaired) electrons. The topological polar surface area (TPSA) is 114 Å². The highest BCUT2D eigenvalue weighted by Crippen LogP contribution is 2.22. The first kappa shape index (κ1) is 21.0. The van der Waals surface area contributed by atoms with E-state index in [1.165, 1.54) is 6.33 Å². The summed E-state index contributed by atoms with van der Waals surface area (Å²) in [6.07, 6.45) is 5.68. The first-order valence-electron chi connectivity index (χ1n) is 9.65. The van der Waals surface area contributed by atoms with E-state index < -0.39 is 0 Å². The van der Waals surface area contributed by atoms with Crippen molar-refractivity contribution >= 4 is 17.7 Å². The van der Waals surface area contributed by atoms with Gasteiger partial charge in [-0.1, -0.05) is 6.07 Å². The predicted molar refractivity (Wildman–Crippen MR) is 116 cm³/mol. The lowest BCUT2D eigenvalue weighted by Gasteiger charge is -2.11. The Kier molecular flexibility index (Phi) is 7.09. The number of nitrogens with one attached hydrogen (secondary N) is 3. The van der Waals surface area contributed by atoms with Gasteiger partial charge in [-0.25, -0.2) is 19.9 Å². The average Bonchev–Trinajstić information content (AvgIpc) is 2.79. The standard InChI is InChI=1S/C21H25N7O2/c1-4-23-21-25-11-16(12-26-21)17-10-19(28-13-27-17)24-8-7-14-5-6-15(20(29)22-2)9-18(14)30-3/h5-6,9-13H,4,7-8H2,1-3H3,(H,22,29)(H,23,25,26)(H,24,27,28). The number of aromatic nitrogens is 4. The number of carbonyl (C=O) groups excluding carboxylic acids is 1. The Labute approximate surface area is 175 Å². The van der Waals surface area contributed by atoms with E-state index in [2.05, 4.69) is 35.9 Å². The zero-order chi connectivity index (χ0) is 21.3. The van der Waals surface area contributed by atoms with E-state index in [0.717, 1.165) is 23.4 Å². The molecule has 2 aromatic heterocycles. The van der Waals surface area contributed by atoms with Crippen LogP contribution in [0.25, 0.3) is 11.3 Å². The van der Waals surface area contributed by atoms with Gasteiger partial charge in [0, 0.05) is 49.7 Å². The Bertz CT molecular complexity index is 993. The van der Waals surface area contributed by atoms with Crippen molar-refractivity contribution in [3.05, 3.63) is 54.1 Å². The second-order valence-corrected chi connectivity index (χ2v) is 6.40. The molecule has 9 nitrogen and oxygen atoms in total. The molecule has 9 heteroatoms. The van der Waals surface area contributed by atoms with E-state index in [4.69, 9.17) is 4.74 Å². The first-order valence-corrected chi connectivity index (χ1v) is 9.65. The van der Waals surface area contributed by atoms with Crippen LogP contribution in [0.1, 0.15) is 22.8 Å². The maximum atomic E-state index is 11.8. The van der Waals surface area contributed by atoms with E-state index in [1.54, 1.807) is 38.7 Å². The molecule has 0 aliphatic rings. The van der Waals surface area contributed by atoms with Crippen molar-refractivity contribution in [2.75, 3.05) is 37.9 Å². The molecule has 0 fully saturated rings. The fourth-order valence-corrected chi connectivity index (χ4v) is 2.88. The number of amides is 1. The molecule has 0 aliphatic heterocycles. The van der Waals surface area contributed by atoms with Gasteiger partial charge in [-0.15, -0.1) is 0 Å². The summed E-state index contributed by atoms with van der Waals surface area (Å²) >= 11 is 0. The Morgan fingerprint density at radius 1 is 1.07 bits per heavy atom. The van der Waals surface area contributed by atoms with Gasteiger partial charge < -0.3 is 20.7 Å². The summed E-state index contributed by atoms with van der Waals surface area (Å²) in [5, 5.41) is 8.97. The molecule has 3 rings (SSSR count). The lowest BCUT2D eigenvalue weighted by atomic mass is 10.1.